The normalized spacial score (nSPS) is 13.7. The fourth-order valence-corrected chi connectivity index (χ4v) is 6.22. The molecule has 2 heteroatoms. The highest BCUT2D eigenvalue weighted by atomic mass is 14.7. The summed E-state index contributed by atoms with van der Waals surface area (Å²) < 4.78 is 0. The summed E-state index contributed by atoms with van der Waals surface area (Å²) in [5, 5.41) is 5.22. The molecule has 0 amide bonds. The Kier molecular flexibility index (Phi) is 6.12. The van der Waals surface area contributed by atoms with Crippen LogP contribution in [0, 0.1) is 0 Å². The van der Waals surface area contributed by atoms with Gasteiger partial charge in [-0.05, 0) is 92.4 Å². The van der Waals surface area contributed by atoms with Gasteiger partial charge in [0.2, 0.25) is 0 Å². The Bertz CT molecular complexity index is 1850. The third-order valence-electron chi connectivity index (χ3n) is 9.17. The number of benzene rings is 4. The second-order valence-corrected chi connectivity index (χ2v) is 16.7. The maximum Gasteiger partial charge on any atom is 0.0545 e. The van der Waals surface area contributed by atoms with Crippen LogP contribution in [0.2, 0.25) is 0 Å². The van der Waals surface area contributed by atoms with Gasteiger partial charge in [-0.15, -0.1) is 0 Å². The van der Waals surface area contributed by atoms with Crippen LogP contribution in [0.3, 0.4) is 0 Å². The molecule has 42 heavy (non-hydrogen) atoms. The van der Waals surface area contributed by atoms with E-state index in [0.717, 1.165) is 0 Å². The molecule has 2 heterocycles. The Labute approximate surface area is 251 Å². The Morgan fingerprint density at radius 1 is 0.357 bits per heavy atom. The number of fused-ring (bicyclic) bond motifs is 6. The Hall–Kier alpha value is -3.52. The SMILES string of the molecule is CC(C)(C)c1ccc2[nH]c3c(-c4cc(C(C)(C)C)cc5c4[nH]c4ccc(C(C)(C)C)cc45)cc(C(C)(C)C)cc3c2c1. The van der Waals surface area contributed by atoms with Crippen molar-refractivity contribution in [2.24, 2.45) is 0 Å². The highest BCUT2D eigenvalue weighted by Crippen LogP contribution is 2.44. The summed E-state index contributed by atoms with van der Waals surface area (Å²) in [7, 11) is 0. The largest absolute Gasteiger partial charge is 0.354 e. The molecule has 2 aromatic heterocycles. The summed E-state index contributed by atoms with van der Waals surface area (Å²) in [6.45, 7) is 27.7. The molecular weight excluding hydrogens is 508 g/mol. The molecule has 0 fully saturated rings. The van der Waals surface area contributed by atoms with E-state index >= 15 is 0 Å². The monoisotopic (exact) mass is 556 g/mol. The molecule has 6 aromatic rings. The van der Waals surface area contributed by atoms with Gasteiger partial charge in [-0.3, -0.25) is 0 Å². The second-order valence-electron chi connectivity index (χ2n) is 16.7. The quantitative estimate of drug-likeness (QED) is 0.202. The van der Waals surface area contributed by atoms with Crippen molar-refractivity contribution < 1.29 is 0 Å². The smallest absolute Gasteiger partial charge is 0.0545 e. The van der Waals surface area contributed by atoms with Crippen LogP contribution in [0.15, 0.2) is 60.7 Å². The maximum atomic E-state index is 3.87. The third kappa shape index (κ3) is 4.74. The van der Waals surface area contributed by atoms with E-state index in [4.69, 9.17) is 0 Å². The van der Waals surface area contributed by atoms with Gasteiger partial charge in [0, 0.05) is 43.7 Å². The number of rotatable bonds is 1. The van der Waals surface area contributed by atoms with Crippen molar-refractivity contribution in [1.29, 1.82) is 0 Å². The van der Waals surface area contributed by atoms with Crippen molar-refractivity contribution in [1.82, 2.24) is 9.97 Å². The maximum absolute atomic E-state index is 3.87. The van der Waals surface area contributed by atoms with Gasteiger partial charge < -0.3 is 9.97 Å². The Balaban J connectivity index is 1.77. The number of aromatic nitrogens is 2. The van der Waals surface area contributed by atoms with Crippen LogP contribution in [-0.4, -0.2) is 9.97 Å². The molecule has 4 aromatic carbocycles. The zero-order valence-electron chi connectivity index (χ0n) is 27.8. The lowest BCUT2D eigenvalue weighted by Gasteiger charge is -2.23. The van der Waals surface area contributed by atoms with E-state index < -0.39 is 0 Å². The first kappa shape index (κ1) is 28.6. The van der Waals surface area contributed by atoms with Crippen LogP contribution in [0.4, 0.5) is 0 Å². The van der Waals surface area contributed by atoms with Crippen molar-refractivity contribution in [2.75, 3.05) is 0 Å². The zero-order chi connectivity index (χ0) is 30.6. The van der Waals surface area contributed by atoms with E-state index in [1.54, 1.807) is 0 Å². The second kappa shape index (κ2) is 8.99. The van der Waals surface area contributed by atoms with E-state index in [1.165, 1.54) is 77.0 Å². The summed E-state index contributed by atoms with van der Waals surface area (Å²) in [4.78, 5) is 7.75. The van der Waals surface area contributed by atoms with Gasteiger partial charge in [0.15, 0.2) is 0 Å². The van der Waals surface area contributed by atoms with Gasteiger partial charge in [-0.1, -0.05) is 95.2 Å². The third-order valence-corrected chi connectivity index (χ3v) is 9.17. The molecular formula is C40H48N2. The number of aromatic amines is 2. The molecule has 0 aliphatic carbocycles. The fraction of sp³-hybridized carbons (Fsp3) is 0.400. The predicted molar refractivity (Wildman–Crippen MR) is 185 cm³/mol. The highest BCUT2D eigenvalue weighted by Gasteiger charge is 2.25. The lowest BCUT2D eigenvalue weighted by Crippen LogP contribution is -2.12. The van der Waals surface area contributed by atoms with Crippen molar-refractivity contribution in [3.05, 3.63) is 82.9 Å². The predicted octanol–water partition coefficient (Wildman–Crippen LogP) is 11.8. The molecule has 2 nitrogen and oxygen atoms in total. The first-order valence-electron chi connectivity index (χ1n) is 15.5. The van der Waals surface area contributed by atoms with Crippen LogP contribution in [0.25, 0.3) is 54.7 Å². The van der Waals surface area contributed by atoms with Crippen molar-refractivity contribution in [2.45, 2.75) is 105 Å². The summed E-state index contributed by atoms with van der Waals surface area (Å²) in [5.41, 5.74) is 13.0. The molecule has 0 spiro atoms. The summed E-state index contributed by atoms with van der Waals surface area (Å²) in [6, 6.07) is 23.7. The van der Waals surface area contributed by atoms with Gasteiger partial charge in [0.25, 0.3) is 0 Å². The van der Waals surface area contributed by atoms with Gasteiger partial charge in [0.1, 0.15) is 0 Å². The van der Waals surface area contributed by atoms with E-state index in [-0.39, 0.29) is 21.7 Å². The molecule has 0 saturated heterocycles. The Morgan fingerprint density at radius 2 is 0.667 bits per heavy atom. The van der Waals surface area contributed by atoms with Gasteiger partial charge >= 0.3 is 0 Å². The molecule has 6 rings (SSSR count). The van der Waals surface area contributed by atoms with Crippen LogP contribution < -0.4 is 0 Å². The van der Waals surface area contributed by atoms with Crippen molar-refractivity contribution in [3.8, 4) is 11.1 Å². The summed E-state index contributed by atoms with van der Waals surface area (Å²) in [6.07, 6.45) is 0. The molecule has 0 saturated carbocycles. The summed E-state index contributed by atoms with van der Waals surface area (Å²) >= 11 is 0. The molecule has 2 N–H and O–H groups in total. The van der Waals surface area contributed by atoms with E-state index in [1.807, 2.05) is 0 Å². The summed E-state index contributed by atoms with van der Waals surface area (Å²) in [5.74, 6) is 0. The van der Waals surface area contributed by atoms with Crippen molar-refractivity contribution in [3.63, 3.8) is 0 Å². The fourth-order valence-electron chi connectivity index (χ4n) is 6.22. The average Bonchev–Trinajstić information content (AvgIpc) is 3.43. The van der Waals surface area contributed by atoms with Gasteiger partial charge in [-0.2, -0.15) is 0 Å². The minimum Gasteiger partial charge on any atom is -0.354 e. The highest BCUT2D eigenvalue weighted by molar-refractivity contribution is 6.17. The Morgan fingerprint density at radius 3 is 0.976 bits per heavy atom. The molecule has 0 aliphatic heterocycles. The van der Waals surface area contributed by atoms with Crippen LogP contribution in [-0.2, 0) is 21.7 Å². The van der Waals surface area contributed by atoms with E-state index in [9.17, 15) is 0 Å². The van der Waals surface area contributed by atoms with Gasteiger partial charge in [0.05, 0.1) is 11.0 Å². The topological polar surface area (TPSA) is 31.6 Å². The molecule has 0 radical (unpaired) electrons. The average molecular weight is 557 g/mol. The van der Waals surface area contributed by atoms with Crippen LogP contribution in [0.1, 0.15) is 105 Å². The van der Waals surface area contributed by atoms with Crippen LogP contribution in [0.5, 0.6) is 0 Å². The van der Waals surface area contributed by atoms with Crippen molar-refractivity contribution >= 4 is 43.6 Å². The van der Waals surface area contributed by atoms with Crippen LogP contribution >= 0.6 is 0 Å². The molecule has 0 unspecified atom stereocenters. The molecule has 0 atom stereocenters. The number of hydrogen-bond donors (Lipinski definition) is 2. The van der Waals surface area contributed by atoms with E-state index in [2.05, 4.69) is 154 Å². The first-order chi connectivity index (χ1) is 19.3. The lowest BCUT2D eigenvalue weighted by molar-refractivity contribution is 0.590. The number of H-pyrrole nitrogens is 2. The standard InChI is InChI=1S/C40H48N2/c1-37(2,3)23-13-15-33-27(17-23)29-19-25(39(7,8)9)21-31(35(29)41-33)32-22-26(40(10,11)12)20-30-28-18-24(38(4,5)6)14-16-34(28)42-36(30)32/h13-22,41-42H,1-12H3. The first-order valence-corrected chi connectivity index (χ1v) is 15.5. The molecule has 0 aliphatic rings. The van der Waals surface area contributed by atoms with E-state index in [0.29, 0.717) is 0 Å². The zero-order valence-corrected chi connectivity index (χ0v) is 27.8. The minimum atomic E-state index is 0.0109. The molecule has 0 bridgehead atoms. The van der Waals surface area contributed by atoms with Gasteiger partial charge in [-0.25, -0.2) is 0 Å². The number of hydrogen-bond acceptors (Lipinski definition) is 0. The lowest BCUT2D eigenvalue weighted by atomic mass is 9.81. The minimum absolute atomic E-state index is 0.0109. The number of nitrogens with one attached hydrogen (secondary N) is 2. The molecule has 218 valence electrons.